The van der Waals surface area contributed by atoms with Gasteiger partial charge < -0.3 is 11.1 Å². The van der Waals surface area contributed by atoms with Crippen molar-refractivity contribution in [3.63, 3.8) is 0 Å². The summed E-state index contributed by atoms with van der Waals surface area (Å²) >= 11 is 0. The SMILES string of the molecule is Cc1ccc(NC(N)=NCc2ccccc2)cc1.I. The van der Waals surface area contributed by atoms with E-state index < -0.39 is 0 Å². The smallest absolute Gasteiger partial charge is 0.193 e. The lowest BCUT2D eigenvalue weighted by Crippen LogP contribution is -2.22. The molecule has 0 amide bonds. The average Bonchev–Trinajstić information content (AvgIpc) is 2.40. The summed E-state index contributed by atoms with van der Waals surface area (Å²) in [5.74, 6) is 0.433. The zero-order valence-electron chi connectivity index (χ0n) is 10.8. The van der Waals surface area contributed by atoms with Crippen LogP contribution in [0, 0.1) is 6.92 Å². The molecule has 4 heteroatoms. The zero-order chi connectivity index (χ0) is 12.8. The van der Waals surface area contributed by atoms with Gasteiger partial charge in [-0.2, -0.15) is 0 Å². The molecule has 2 aromatic carbocycles. The summed E-state index contributed by atoms with van der Waals surface area (Å²) in [6.07, 6.45) is 0. The number of benzene rings is 2. The Kier molecular flexibility index (Phi) is 6.35. The molecule has 0 fully saturated rings. The van der Waals surface area contributed by atoms with E-state index in [-0.39, 0.29) is 24.0 Å². The number of aryl methyl sites for hydroxylation is 1. The van der Waals surface area contributed by atoms with Gasteiger partial charge in [-0.25, -0.2) is 4.99 Å². The Morgan fingerprint density at radius 1 is 1.05 bits per heavy atom. The lowest BCUT2D eigenvalue weighted by Gasteiger charge is -2.05. The van der Waals surface area contributed by atoms with Gasteiger partial charge in [0.25, 0.3) is 0 Å². The first kappa shape index (κ1) is 15.5. The summed E-state index contributed by atoms with van der Waals surface area (Å²) in [5.41, 5.74) is 9.15. The van der Waals surface area contributed by atoms with Crippen molar-refractivity contribution in [3.8, 4) is 0 Å². The molecule has 0 heterocycles. The number of hydrogen-bond acceptors (Lipinski definition) is 1. The second-order valence-corrected chi connectivity index (χ2v) is 4.18. The molecule has 100 valence electrons. The lowest BCUT2D eigenvalue weighted by atomic mass is 10.2. The standard InChI is InChI=1S/C15H17N3.HI/c1-12-7-9-14(10-8-12)18-15(16)17-11-13-5-3-2-4-6-13;/h2-10H,11H2,1H3,(H3,16,17,18);1H. The summed E-state index contributed by atoms with van der Waals surface area (Å²) in [6.45, 7) is 2.64. The molecule has 0 atom stereocenters. The summed E-state index contributed by atoms with van der Waals surface area (Å²) in [7, 11) is 0. The Balaban J connectivity index is 0.00000180. The van der Waals surface area contributed by atoms with Gasteiger partial charge >= 0.3 is 0 Å². The summed E-state index contributed by atoms with van der Waals surface area (Å²) in [4.78, 5) is 4.30. The second kappa shape index (κ2) is 7.78. The molecule has 0 aromatic heterocycles. The molecule has 0 saturated heterocycles. The number of nitrogens with one attached hydrogen (secondary N) is 1. The van der Waals surface area contributed by atoms with Crippen LogP contribution in [-0.2, 0) is 6.54 Å². The summed E-state index contributed by atoms with van der Waals surface area (Å²) in [6, 6.07) is 18.1. The molecule has 3 N–H and O–H groups in total. The van der Waals surface area contributed by atoms with Gasteiger partial charge in [-0.15, -0.1) is 24.0 Å². The van der Waals surface area contributed by atoms with Crippen LogP contribution in [-0.4, -0.2) is 5.96 Å². The first-order chi connectivity index (χ1) is 8.74. The van der Waals surface area contributed by atoms with Gasteiger partial charge in [-0.3, -0.25) is 0 Å². The van der Waals surface area contributed by atoms with Crippen LogP contribution < -0.4 is 11.1 Å². The fourth-order valence-corrected chi connectivity index (χ4v) is 1.58. The molecular weight excluding hydrogens is 349 g/mol. The molecule has 2 rings (SSSR count). The largest absolute Gasteiger partial charge is 0.370 e. The van der Waals surface area contributed by atoms with Gasteiger partial charge in [-0.05, 0) is 24.6 Å². The molecule has 3 nitrogen and oxygen atoms in total. The molecule has 19 heavy (non-hydrogen) atoms. The Labute approximate surface area is 131 Å². The van der Waals surface area contributed by atoms with E-state index in [9.17, 15) is 0 Å². The molecule has 0 saturated carbocycles. The van der Waals surface area contributed by atoms with Crippen LogP contribution in [0.1, 0.15) is 11.1 Å². The topological polar surface area (TPSA) is 50.4 Å². The van der Waals surface area contributed by atoms with Crippen molar-refractivity contribution in [1.82, 2.24) is 0 Å². The van der Waals surface area contributed by atoms with E-state index in [4.69, 9.17) is 5.73 Å². The number of nitrogens with zero attached hydrogens (tertiary/aromatic N) is 1. The molecule has 0 aliphatic heterocycles. The minimum absolute atomic E-state index is 0. The quantitative estimate of drug-likeness (QED) is 0.495. The Bertz CT molecular complexity index is 521. The Hall–Kier alpha value is -1.56. The highest BCUT2D eigenvalue weighted by Crippen LogP contribution is 2.08. The van der Waals surface area contributed by atoms with E-state index in [0.717, 1.165) is 11.3 Å². The highest BCUT2D eigenvalue weighted by Gasteiger charge is 1.95. The molecule has 0 aliphatic rings. The first-order valence-corrected chi connectivity index (χ1v) is 5.91. The zero-order valence-corrected chi connectivity index (χ0v) is 13.2. The number of rotatable bonds is 3. The summed E-state index contributed by atoms with van der Waals surface area (Å²) in [5, 5.41) is 3.07. The van der Waals surface area contributed by atoms with Crippen LogP contribution in [0.5, 0.6) is 0 Å². The predicted octanol–water partition coefficient (Wildman–Crippen LogP) is 3.54. The van der Waals surface area contributed by atoms with E-state index in [1.807, 2.05) is 54.6 Å². The molecule has 0 radical (unpaired) electrons. The third-order valence-corrected chi connectivity index (χ3v) is 2.60. The minimum Gasteiger partial charge on any atom is -0.370 e. The van der Waals surface area contributed by atoms with E-state index >= 15 is 0 Å². The van der Waals surface area contributed by atoms with Crippen molar-refractivity contribution in [1.29, 1.82) is 0 Å². The van der Waals surface area contributed by atoms with Gasteiger partial charge in [0, 0.05) is 5.69 Å². The summed E-state index contributed by atoms with van der Waals surface area (Å²) < 4.78 is 0. The van der Waals surface area contributed by atoms with Gasteiger partial charge in [0.15, 0.2) is 5.96 Å². The van der Waals surface area contributed by atoms with Gasteiger partial charge in [0.1, 0.15) is 0 Å². The van der Waals surface area contributed by atoms with Crippen molar-refractivity contribution >= 4 is 35.6 Å². The molecule has 2 aromatic rings. The highest BCUT2D eigenvalue weighted by atomic mass is 127. The van der Waals surface area contributed by atoms with Crippen LogP contribution >= 0.6 is 24.0 Å². The van der Waals surface area contributed by atoms with Gasteiger partial charge in [0.05, 0.1) is 6.54 Å². The fourth-order valence-electron chi connectivity index (χ4n) is 1.58. The molecule has 0 bridgehead atoms. The van der Waals surface area contributed by atoms with Crippen molar-refractivity contribution in [2.45, 2.75) is 13.5 Å². The Morgan fingerprint density at radius 2 is 1.68 bits per heavy atom. The van der Waals surface area contributed by atoms with E-state index in [1.54, 1.807) is 0 Å². The normalized spacial score (nSPS) is 10.7. The number of hydrogen-bond donors (Lipinski definition) is 2. The van der Waals surface area contributed by atoms with Crippen LogP contribution in [0.4, 0.5) is 5.69 Å². The average molecular weight is 367 g/mol. The lowest BCUT2D eigenvalue weighted by molar-refractivity contribution is 1.06. The van der Waals surface area contributed by atoms with Crippen LogP contribution in [0.3, 0.4) is 0 Å². The van der Waals surface area contributed by atoms with Crippen molar-refractivity contribution in [2.24, 2.45) is 10.7 Å². The van der Waals surface area contributed by atoms with Crippen LogP contribution in [0.25, 0.3) is 0 Å². The van der Waals surface area contributed by atoms with Crippen LogP contribution in [0.15, 0.2) is 59.6 Å². The second-order valence-electron chi connectivity index (χ2n) is 4.18. The maximum atomic E-state index is 5.83. The van der Waals surface area contributed by atoms with Crippen molar-refractivity contribution < 1.29 is 0 Å². The molecule has 0 spiro atoms. The van der Waals surface area contributed by atoms with E-state index in [1.165, 1.54) is 5.56 Å². The van der Waals surface area contributed by atoms with Crippen molar-refractivity contribution in [3.05, 3.63) is 65.7 Å². The Morgan fingerprint density at radius 3 is 2.32 bits per heavy atom. The number of anilines is 1. The third kappa shape index (κ3) is 5.30. The highest BCUT2D eigenvalue weighted by molar-refractivity contribution is 14.0. The van der Waals surface area contributed by atoms with E-state index in [0.29, 0.717) is 12.5 Å². The number of guanidine groups is 1. The van der Waals surface area contributed by atoms with Crippen molar-refractivity contribution in [2.75, 3.05) is 5.32 Å². The third-order valence-electron chi connectivity index (χ3n) is 2.60. The number of nitrogens with two attached hydrogens (primary N) is 1. The minimum atomic E-state index is 0. The maximum absolute atomic E-state index is 5.83. The monoisotopic (exact) mass is 367 g/mol. The first-order valence-electron chi connectivity index (χ1n) is 5.91. The predicted molar refractivity (Wildman–Crippen MR) is 92.0 cm³/mol. The number of halogens is 1. The van der Waals surface area contributed by atoms with Gasteiger partial charge in [0.2, 0.25) is 0 Å². The van der Waals surface area contributed by atoms with Gasteiger partial charge in [-0.1, -0.05) is 48.0 Å². The molecule has 0 aliphatic carbocycles. The maximum Gasteiger partial charge on any atom is 0.193 e. The number of aliphatic imine (C=N–C) groups is 1. The van der Waals surface area contributed by atoms with Crippen LogP contribution in [0.2, 0.25) is 0 Å². The molecule has 0 unspecified atom stereocenters. The fraction of sp³-hybridized carbons (Fsp3) is 0.133. The molecular formula is C15H18IN3. The van der Waals surface area contributed by atoms with E-state index in [2.05, 4.69) is 17.2 Å².